The lowest BCUT2D eigenvalue weighted by Gasteiger charge is -2.47. The van der Waals surface area contributed by atoms with Crippen LogP contribution in [0.4, 0.5) is 0 Å². The Kier molecular flexibility index (Phi) is 7.22. The highest BCUT2D eigenvalue weighted by Crippen LogP contribution is 2.40. The summed E-state index contributed by atoms with van der Waals surface area (Å²) < 4.78 is 12.6. The summed E-state index contributed by atoms with van der Waals surface area (Å²) in [6.07, 6.45) is 5.25. The molecule has 190 valence electrons. The molecule has 7 heteroatoms. The van der Waals surface area contributed by atoms with Crippen LogP contribution < -0.4 is 10.4 Å². The maximum absolute atomic E-state index is 13.0. The van der Waals surface area contributed by atoms with E-state index >= 15 is 0 Å². The van der Waals surface area contributed by atoms with Crippen LogP contribution in [-0.4, -0.2) is 34.6 Å². The van der Waals surface area contributed by atoms with Gasteiger partial charge in [-0.2, -0.15) is 0 Å². The number of hydrogen-bond acceptors (Lipinski definition) is 5. The predicted octanol–water partition coefficient (Wildman–Crippen LogP) is 5.53. The Morgan fingerprint density at radius 2 is 2.00 bits per heavy atom. The van der Waals surface area contributed by atoms with Crippen LogP contribution in [0.3, 0.4) is 0 Å². The minimum Gasteiger partial charge on any atom is -0.489 e. The Morgan fingerprint density at radius 3 is 2.81 bits per heavy atom. The summed E-state index contributed by atoms with van der Waals surface area (Å²) in [7, 11) is 0. The van der Waals surface area contributed by atoms with Gasteiger partial charge in [-0.05, 0) is 68.0 Å². The summed E-state index contributed by atoms with van der Waals surface area (Å²) in [5.74, 6) is 0.832. The summed E-state index contributed by atoms with van der Waals surface area (Å²) in [4.78, 5) is 27.7. The van der Waals surface area contributed by atoms with Gasteiger partial charge < -0.3 is 19.2 Å². The fraction of sp³-hybridized carbons (Fsp3) is 0.448. The first-order valence-electron chi connectivity index (χ1n) is 12.8. The summed E-state index contributed by atoms with van der Waals surface area (Å²) >= 11 is 3.43. The van der Waals surface area contributed by atoms with Crippen molar-refractivity contribution < 1.29 is 19.1 Å². The van der Waals surface area contributed by atoms with Crippen molar-refractivity contribution in [3.05, 3.63) is 74.0 Å². The van der Waals surface area contributed by atoms with Gasteiger partial charge in [0.15, 0.2) is 0 Å². The minimum absolute atomic E-state index is 0.0400. The van der Waals surface area contributed by atoms with E-state index in [0.717, 1.165) is 46.7 Å². The van der Waals surface area contributed by atoms with E-state index in [-0.39, 0.29) is 18.2 Å². The number of benzene rings is 2. The second-order valence-corrected chi connectivity index (χ2v) is 11.1. The molecule has 36 heavy (non-hydrogen) atoms. The van der Waals surface area contributed by atoms with E-state index in [2.05, 4.69) is 15.9 Å². The topological polar surface area (TPSA) is 80.0 Å². The Bertz CT molecular complexity index is 1320. The van der Waals surface area contributed by atoms with Crippen LogP contribution in [0.1, 0.15) is 55.2 Å². The molecule has 1 saturated carbocycles. The molecular formula is C29H32BrNO5. The highest BCUT2D eigenvalue weighted by Gasteiger charge is 2.43. The summed E-state index contributed by atoms with van der Waals surface area (Å²) in [5, 5.41) is 11.7. The SMILES string of the molecule is Cc1c(CCC(=O)N2CC[C@@]3(O)CCCC[C@@H]3C2)c(=O)oc2cc(OCc3ccc(Br)cc3)ccc12. The lowest BCUT2D eigenvalue weighted by Crippen LogP contribution is -2.54. The van der Waals surface area contributed by atoms with Gasteiger partial charge in [0, 0.05) is 46.9 Å². The molecule has 6 nitrogen and oxygen atoms in total. The number of nitrogens with zero attached hydrogens (tertiary/aromatic N) is 1. The molecule has 2 heterocycles. The summed E-state index contributed by atoms with van der Waals surface area (Å²) in [6.45, 7) is 3.52. The number of carbonyl (C=O) groups is 1. The number of ether oxygens (including phenoxy) is 1. The third kappa shape index (κ3) is 5.23. The molecule has 2 fully saturated rings. The molecule has 2 atom stereocenters. The molecule has 1 N–H and O–H groups in total. The maximum Gasteiger partial charge on any atom is 0.339 e. The zero-order valence-electron chi connectivity index (χ0n) is 20.6. The monoisotopic (exact) mass is 553 g/mol. The van der Waals surface area contributed by atoms with Crippen molar-refractivity contribution in [3.63, 3.8) is 0 Å². The van der Waals surface area contributed by atoms with Gasteiger partial charge in [-0.25, -0.2) is 4.79 Å². The van der Waals surface area contributed by atoms with Crippen LogP contribution in [0, 0.1) is 12.8 Å². The second kappa shape index (κ2) is 10.4. The largest absolute Gasteiger partial charge is 0.489 e. The lowest BCUT2D eigenvalue weighted by atomic mass is 9.71. The molecule has 0 spiro atoms. The molecule has 0 radical (unpaired) electrons. The predicted molar refractivity (Wildman–Crippen MR) is 142 cm³/mol. The van der Waals surface area contributed by atoms with Gasteiger partial charge in [0.1, 0.15) is 17.9 Å². The quantitative estimate of drug-likeness (QED) is 0.406. The van der Waals surface area contributed by atoms with Crippen LogP contribution in [0.15, 0.2) is 56.1 Å². The highest BCUT2D eigenvalue weighted by atomic mass is 79.9. The first-order chi connectivity index (χ1) is 17.3. The fourth-order valence-corrected chi connectivity index (χ4v) is 5.95. The van der Waals surface area contributed by atoms with Crippen LogP contribution in [0.25, 0.3) is 11.0 Å². The first kappa shape index (κ1) is 25.0. The number of piperidine rings is 1. The van der Waals surface area contributed by atoms with E-state index in [9.17, 15) is 14.7 Å². The highest BCUT2D eigenvalue weighted by molar-refractivity contribution is 9.10. The molecule has 2 aromatic carbocycles. The number of amides is 1. The molecule has 1 saturated heterocycles. The average Bonchev–Trinajstić information content (AvgIpc) is 2.87. The van der Waals surface area contributed by atoms with Gasteiger partial charge in [0.2, 0.25) is 5.91 Å². The molecule has 2 aliphatic rings. The molecule has 5 rings (SSSR count). The first-order valence-corrected chi connectivity index (χ1v) is 13.6. The fourth-order valence-electron chi connectivity index (χ4n) is 5.69. The van der Waals surface area contributed by atoms with E-state index < -0.39 is 11.2 Å². The Hall–Kier alpha value is -2.64. The van der Waals surface area contributed by atoms with Crippen molar-refractivity contribution in [1.29, 1.82) is 0 Å². The number of hydrogen-bond donors (Lipinski definition) is 1. The van der Waals surface area contributed by atoms with Gasteiger partial charge >= 0.3 is 5.63 Å². The van der Waals surface area contributed by atoms with Gasteiger partial charge in [0.25, 0.3) is 0 Å². The normalized spacial score (nSPS) is 21.9. The molecule has 1 aliphatic heterocycles. The van der Waals surface area contributed by atoms with Crippen LogP contribution >= 0.6 is 15.9 Å². The molecule has 0 unspecified atom stereocenters. The number of carbonyl (C=O) groups excluding carboxylic acids is 1. The molecule has 0 bridgehead atoms. The molecule has 3 aromatic rings. The van der Waals surface area contributed by atoms with Gasteiger partial charge in [0.05, 0.1) is 5.60 Å². The number of halogens is 1. The van der Waals surface area contributed by atoms with E-state index in [1.165, 1.54) is 0 Å². The maximum atomic E-state index is 13.0. The van der Waals surface area contributed by atoms with E-state index in [1.54, 1.807) is 6.07 Å². The minimum atomic E-state index is -0.605. The van der Waals surface area contributed by atoms with Crippen molar-refractivity contribution in [1.82, 2.24) is 4.90 Å². The smallest absolute Gasteiger partial charge is 0.339 e. The van der Waals surface area contributed by atoms with Gasteiger partial charge in [-0.1, -0.05) is 40.9 Å². The van der Waals surface area contributed by atoms with Crippen molar-refractivity contribution in [2.75, 3.05) is 13.1 Å². The number of likely N-dealkylation sites (tertiary alicyclic amines) is 1. The average molecular weight is 554 g/mol. The van der Waals surface area contributed by atoms with E-state index in [0.29, 0.717) is 49.4 Å². The Balaban J connectivity index is 1.25. The van der Waals surface area contributed by atoms with Crippen LogP contribution in [0.5, 0.6) is 5.75 Å². The Labute approximate surface area is 219 Å². The van der Waals surface area contributed by atoms with Crippen molar-refractivity contribution >= 4 is 32.8 Å². The molecule has 1 aromatic heterocycles. The van der Waals surface area contributed by atoms with Gasteiger partial charge in [-0.3, -0.25) is 4.79 Å². The number of rotatable bonds is 6. The zero-order chi connectivity index (χ0) is 25.3. The van der Waals surface area contributed by atoms with Crippen molar-refractivity contribution in [3.8, 4) is 5.75 Å². The second-order valence-electron chi connectivity index (χ2n) is 10.2. The number of aryl methyl sites for hydroxylation is 1. The van der Waals surface area contributed by atoms with Crippen LogP contribution in [-0.2, 0) is 17.8 Å². The van der Waals surface area contributed by atoms with Crippen molar-refractivity contribution in [2.45, 2.75) is 64.1 Å². The molecule has 1 aliphatic carbocycles. The number of fused-ring (bicyclic) bond motifs is 2. The molecular weight excluding hydrogens is 522 g/mol. The van der Waals surface area contributed by atoms with E-state index in [4.69, 9.17) is 9.15 Å². The zero-order valence-corrected chi connectivity index (χ0v) is 22.2. The summed E-state index contributed by atoms with van der Waals surface area (Å²) in [6, 6.07) is 13.4. The van der Waals surface area contributed by atoms with Crippen molar-refractivity contribution in [2.24, 2.45) is 5.92 Å². The standard InChI is InChI=1S/C29H32BrNO5/c1-19-24-10-9-23(35-18-20-5-7-22(30)8-6-20)16-26(24)36-28(33)25(19)11-12-27(32)31-15-14-29(34)13-3-2-4-21(29)17-31/h5-10,16,21,34H,2-4,11-15,17-18H2,1H3/t21-,29+/m1/s1. The lowest BCUT2D eigenvalue weighted by molar-refractivity contribution is -0.143. The summed E-state index contributed by atoms with van der Waals surface area (Å²) in [5.41, 5.74) is 1.90. The third-order valence-corrected chi connectivity index (χ3v) is 8.48. The molecule has 1 amide bonds. The Morgan fingerprint density at radius 1 is 1.19 bits per heavy atom. The van der Waals surface area contributed by atoms with Crippen LogP contribution in [0.2, 0.25) is 0 Å². The van der Waals surface area contributed by atoms with E-state index in [1.807, 2.05) is 48.2 Å². The number of aliphatic hydroxyl groups is 1. The third-order valence-electron chi connectivity index (χ3n) is 7.95. The van der Waals surface area contributed by atoms with Gasteiger partial charge in [-0.15, -0.1) is 0 Å².